The van der Waals surface area contributed by atoms with Crippen molar-refractivity contribution in [3.8, 4) is 11.3 Å². The Bertz CT molecular complexity index is 1160. The Balaban J connectivity index is 1.45. The molecule has 0 radical (unpaired) electrons. The van der Waals surface area contributed by atoms with Gasteiger partial charge in [0.05, 0.1) is 18.2 Å². The number of nitrogens with one attached hydrogen (secondary N) is 1. The van der Waals surface area contributed by atoms with Gasteiger partial charge in [-0.15, -0.1) is 11.3 Å². The van der Waals surface area contributed by atoms with E-state index in [9.17, 15) is 9.18 Å². The van der Waals surface area contributed by atoms with Gasteiger partial charge in [0, 0.05) is 17.0 Å². The van der Waals surface area contributed by atoms with E-state index in [0.717, 1.165) is 30.5 Å². The minimum absolute atomic E-state index is 0.148. The van der Waals surface area contributed by atoms with E-state index in [2.05, 4.69) is 9.88 Å². The molecule has 1 atom stereocenters. The maximum Gasteiger partial charge on any atom is 0.260 e. The number of aromatic amines is 1. The topological polar surface area (TPSA) is 62.1 Å². The summed E-state index contributed by atoms with van der Waals surface area (Å²) in [6.07, 6.45) is 3.67. The summed E-state index contributed by atoms with van der Waals surface area (Å²) in [5.41, 5.74) is 1.72. The van der Waals surface area contributed by atoms with Crippen LogP contribution in [0.2, 0.25) is 0 Å². The molecule has 5 nitrogen and oxygen atoms in total. The van der Waals surface area contributed by atoms with Crippen LogP contribution in [-0.4, -0.2) is 21.4 Å². The maximum absolute atomic E-state index is 13.2. The third-order valence-corrected chi connectivity index (χ3v) is 6.12. The first-order valence-electron chi connectivity index (χ1n) is 9.23. The highest BCUT2D eigenvalue weighted by molar-refractivity contribution is 7.17. The molecule has 0 saturated carbocycles. The largest absolute Gasteiger partial charge is 0.464 e. The number of thiophene rings is 1. The molecular weight excluding hydrogens is 377 g/mol. The smallest absolute Gasteiger partial charge is 0.260 e. The number of hydrogen-bond acceptors (Lipinski definition) is 5. The molecule has 1 aromatic carbocycles. The molecule has 0 spiro atoms. The number of furan rings is 1. The van der Waals surface area contributed by atoms with Crippen LogP contribution in [0.15, 0.2) is 57.3 Å². The van der Waals surface area contributed by atoms with Crippen molar-refractivity contribution in [1.29, 1.82) is 0 Å². The first kappa shape index (κ1) is 17.3. The highest BCUT2D eigenvalue weighted by Gasteiger charge is 2.27. The van der Waals surface area contributed by atoms with Crippen LogP contribution < -0.4 is 5.56 Å². The fourth-order valence-electron chi connectivity index (χ4n) is 3.95. The second-order valence-electron chi connectivity index (χ2n) is 7.00. The van der Waals surface area contributed by atoms with Crippen LogP contribution in [0.3, 0.4) is 0 Å². The first-order chi connectivity index (χ1) is 13.7. The van der Waals surface area contributed by atoms with E-state index in [1.807, 2.05) is 23.6 Å². The lowest BCUT2D eigenvalue weighted by molar-refractivity contribution is 0.242. The second kappa shape index (κ2) is 7.00. The highest BCUT2D eigenvalue weighted by Crippen LogP contribution is 2.34. The zero-order chi connectivity index (χ0) is 19.1. The van der Waals surface area contributed by atoms with E-state index in [0.29, 0.717) is 28.3 Å². The second-order valence-corrected chi connectivity index (χ2v) is 7.86. The van der Waals surface area contributed by atoms with Gasteiger partial charge in [0.15, 0.2) is 0 Å². The predicted molar refractivity (Wildman–Crippen MR) is 107 cm³/mol. The van der Waals surface area contributed by atoms with Gasteiger partial charge in [0.25, 0.3) is 5.56 Å². The highest BCUT2D eigenvalue weighted by atomic mass is 32.1. The van der Waals surface area contributed by atoms with Gasteiger partial charge in [-0.3, -0.25) is 9.69 Å². The third-order valence-electron chi connectivity index (χ3n) is 5.25. The number of hydrogen-bond donors (Lipinski definition) is 1. The van der Waals surface area contributed by atoms with Gasteiger partial charge in [0.1, 0.15) is 22.2 Å². The van der Waals surface area contributed by atoms with Gasteiger partial charge in [-0.2, -0.15) is 0 Å². The number of rotatable bonds is 4. The van der Waals surface area contributed by atoms with Crippen molar-refractivity contribution in [3.63, 3.8) is 0 Å². The van der Waals surface area contributed by atoms with Crippen molar-refractivity contribution < 1.29 is 8.81 Å². The molecule has 0 amide bonds. The van der Waals surface area contributed by atoms with Crippen molar-refractivity contribution in [2.75, 3.05) is 6.54 Å². The summed E-state index contributed by atoms with van der Waals surface area (Å²) in [6, 6.07) is 10.5. The Labute approximate surface area is 164 Å². The summed E-state index contributed by atoms with van der Waals surface area (Å²) in [5, 5.41) is 2.48. The van der Waals surface area contributed by atoms with Crippen LogP contribution in [-0.2, 0) is 6.54 Å². The van der Waals surface area contributed by atoms with Crippen molar-refractivity contribution in [2.45, 2.75) is 25.4 Å². The molecule has 28 heavy (non-hydrogen) atoms. The molecular formula is C21H18FN3O2S. The number of fused-ring (bicyclic) bond motifs is 1. The SMILES string of the molecule is O=c1[nH]c(CN2CCCC2c2ccc(F)cc2)nc2scc(-c3ccco3)c12. The molecule has 7 heteroatoms. The lowest BCUT2D eigenvalue weighted by atomic mass is 10.0. The molecule has 0 aliphatic carbocycles. The van der Waals surface area contributed by atoms with Crippen molar-refractivity contribution in [1.82, 2.24) is 14.9 Å². The van der Waals surface area contributed by atoms with Crippen LogP contribution in [0, 0.1) is 5.82 Å². The standard InChI is InChI=1S/C21H18FN3O2S/c22-14-7-5-13(6-8-14)16-3-1-9-25(16)11-18-23-20(26)19-15(12-28-21(19)24-18)17-4-2-10-27-17/h2,4-8,10,12,16H,1,3,9,11H2,(H,23,24,26). The summed E-state index contributed by atoms with van der Waals surface area (Å²) in [7, 11) is 0. The van der Waals surface area contributed by atoms with Gasteiger partial charge < -0.3 is 9.40 Å². The molecule has 1 N–H and O–H groups in total. The van der Waals surface area contributed by atoms with Crippen LogP contribution in [0.25, 0.3) is 21.5 Å². The summed E-state index contributed by atoms with van der Waals surface area (Å²) >= 11 is 1.45. The Morgan fingerprint density at radius 3 is 2.93 bits per heavy atom. The third kappa shape index (κ3) is 3.06. The maximum atomic E-state index is 13.2. The van der Waals surface area contributed by atoms with Gasteiger partial charge >= 0.3 is 0 Å². The van der Waals surface area contributed by atoms with E-state index < -0.39 is 0 Å². The number of halogens is 1. The van der Waals surface area contributed by atoms with E-state index in [4.69, 9.17) is 9.40 Å². The fourth-order valence-corrected chi connectivity index (χ4v) is 4.90. The molecule has 3 aromatic heterocycles. The average Bonchev–Trinajstić information content (AvgIpc) is 3.42. The lowest BCUT2D eigenvalue weighted by Gasteiger charge is -2.24. The van der Waals surface area contributed by atoms with Gasteiger partial charge in [-0.25, -0.2) is 9.37 Å². The normalized spacial score (nSPS) is 17.5. The minimum atomic E-state index is -0.227. The van der Waals surface area contributed by atoms with E-state index in [-0.39, 0.29) is 17.4 Å². The zero-order valence-corrected chi connectivity index (χ0v) is 15.8. The summed E-state index contributed by atoms with van der Waals surface area (Å²) in [6.45, 7) is 1.48. The van der Waals surface area contributed by atoms with Crippen molar-refractivity contribution >= 4 is 21.6 Å². The first-order valence-corrected chi connectivity index (χ1v) is 10.1. The minimum Gasteiger partial charge on any atom is -0.464 e. The number of aromatic nitrogens is 2. The molecule has 4 aromatic rings. The molecule has 1 fully saturated rings. The fraction of sp³-hybridized carbons (Fsp3) is 0.238. The number of H-pyrrole nitrogens is 1. The number of benzene rings is 1. The molecule has 1 aliphatic rings. The van der Waals surface area contributed by atoms with Gasteiger partial charge in [0.2, 0.25) is 0 Å². The van der Waals surface area contributed by atoms with Gasteiger partial charge in [-0.1, -0.05) is 12.1 Å². The molecule has 1 aliphatic heterocycles. The Morgan fingerprint density at radius 1 is 1.29 bits per heavy atom. The van der Waals surface area contributed by atoms with Crippen LogP contribution in [0.5, 0.6) is 0 Å². The Kier molecular flexibility index (Phi) is 4.33. The van der Waals surface area contributed by atoms with Crippen LogP contribution in [0.4, 0.5) is 4.39 Å². The lowest BCUT2D eigenvalue weighted by Crippen LogP contribution is -2.25. The van der Waals surface area contributed by atoms with Crippen molar-refractivity contribution in [3.05, 3.63) is 75.6 Å². The summed E-state index contributed by atoms with van der Waals surface area (Å²) < 4.78 is 18.7. The average molecular weight is 395 g/mol. The van der Waals surface area contributed by atoms with Crippen molar-refractivity contribution in [2.24, 2.45) is 0 Å². The molecule has 142 valence electrons. The predicted octanol–water partition coefficient (Wildman–Crippen LogP) is 4.72. The summed E-state index contributed by atoms with van der Waals surface area (Å²) in [4.78, 5) is 23.4. The molecule has 5 rings (SSSR count). The Morgan fingerprint density at radius 2 is 2.14 bits per heavy atom. The van der Waals surface area contributed by atoms with E-state index >= 15 is 0 Å². The monoisotopic (exact) mass is 395 g/mol. The Hall–Kier alpha value is -2.77. The molecule has 1 unspecified atom stereocenters. The molecule has 1 saturated heterocycles. The van der Waals surface area contributed by atoms with E-state index in [1.165, 1.54) is 23.5 Å². The van der Waals surface area contributed by atoms with Gasteiger partial charge in [-0.05, 0) is 49.2 Å². The zero-order valence-electron chi connectivity index (χ0n) is 15.0. The molecule has 0 bridgehead atoms. The number of nitrogens with zero attached hydrogens (tertiary/aromatic N) is 2. The van der Waals surface area contributed by atoms with E-state index in [1.54, 1.807) is 12.3 Å². The quantitative estimate of drug-likeness (QED) is 0.543. The number of likely N-dealkylation sites (tertiary alicyclic amines) is 1. The molecule has 4 heterocycles. The van der Waals surface area contributed by atoms with Crippen LogP contribution >= 0.6 is 11.3 Å². The summed E-state index contributed by atoms with van der Waals surface area (Å²) in [5.74, 6) is 1.09. The van der Waals surface area contributed by atoms with Crippen LogP contribution in [0.1, 0.15) is 30.3 Å².